The van der Waals surface area contributed by atoms with Gasteiger partial charge in [0.2, 0.25) is 5.88 Å². The number of hydrogen-bond acceptors (Lipinski definition) is 8. The number of nitro groups is 1. The van der Waals surface area contributed by atoms with Crippen molar-refractivity contribution in [2.24, 2.45) is 11.1 Å². The summed E-state index contributed by atoms with van der Waals surface area (Å²) in [5.74, 6) is -0.814. The van der Waals surface area contributed by atoms with E-state index in [1.54, 1.807) is 31.2 Å². The number of hydrogen-bond donors (Lipinski definition) is 1. The van der Waals surface area contributed by atoms with Gasteiger partial charge >= 0.3 is 5.97 Å². The van der Waals surface area contributed by atoms with Gasteiger partial charge in [0.15, 0.2) is 5.78 Å². The molecule has 1 aromatic heterocycles. The van der Waals surface area contributed by atoms with E-state index < -0.39 is 16.8 Å². The zero-order valence-electron chi connectivity index (χ0n) is 18.5. The molecular weight excluding hydrogens is 428 g/mol. The quantitative estimate of drug-likeness (QED) is 0.402. The second-order valence-corrected chi connectivity index (χ2v) is 8.82. The molecule has 0 saturated carbocycles. The molecule has 1 aliphatic carbocycles. The lowest BCUT2D eigenvalue weighted by Gasteiger charge is -2.37. The van der Waals surface area contributed by atoms with Gasteiger partial charge in [-0.2, -0.15) is 0 Å². The molecule has 0 spiro atoms. The third-order valence-corrected chi connectivity index (χ3v) is 5.70. The maximum atomic E-state index is 13.2. The fraction of sp³-hybridized carbons (Fsp3) is 0.333. The average Bonchev–Trinajstić information content (AvgIpc) is 3.22. The minimum absolute atomic E-state index is 0.00333. The second kappa shape index (κ2) is 8.23. The number of furan rings is 1. The summed E-state index contributed by atoms with van der Waals surface area (Å²) in [6.07, 6.45) is 0.750. The minimum atomic E-state index is -0.899. The predicted octanol–water partition coefficient (Wildman–Crippen LogP) is 4.35. The van der Waals surface area contributed by atoms with Crippen LogP contribution in [0.25, 0.3) is 11.3 Å². The number of nitro benzene ring substituents is 1. The fourth-order valence-electron chi connectivity index (χ4n) is 4.31. The third kappa shape index (κ3) is 4.13. The van der Waals surface area contributed by atoms with E-state index in [4.69, 9.17) is 19.6 Å². The fourth-order valence-corrected chi connectivity index (χ4v) is 4.31. The number of allylic oxidation sites excluding steroid dienone is 2. The number of benzene rings is 1. The monoisotopic (exact) mass is 452 g/mol. The van der Waals surface area contributed by atoms with Crippen LogP contribution in [0.1, 0.15) is 45.3 Å². The molecule has 172 valence electrons. The summed E-state index contributed by atoms with van der Waals surface area (Å²) in [5.41, 5.74) is 6.56. The van der Waals surface area contributed by atoms with Crippen molar-refractivity contribution in [1.29, 1.82) is 0 Å². The molecule has 0 radical (unpaired) electrons. The van der Waals surface area contributed by atoms with Crippen LogP contribution >= 0.6 is 0 Å². The molecule has 9 nitrogen and oxygen atoms in total. The predicted molar refractivity (Wildman–Crippen MR) is 118 cm³/mol. The summed E-state index contributed by atoms with van der Waals surface area (Å²) in [6, 6.07) is 9.28. The number of rotatable bonds is 5. The van der Waals surface area contributed by atoms with Gasteiger partial charge in [-0.3, -0.25) is 14.9 Å². The smallest absolute Gasteiger partial charge is 0.340 e. The van der Waals surface area contributed by atoms with Crippen LogP contribution in [-0.2, 0) is 19.1 Å². The topological polar surface area (TPSA) is 135 Å². The first kappa shape index (κ1) is 22.3. The van der Waals surface area contributed by atoms with E-state index in [2.05, 4.69) is 0 Å². The molecular formula is C24H24N2O7. The highest BCUT2D eigenvalue weighted by Gasteiger charge is 2.46. The molecule has 0 fully saturated rings. The molecule has 2 aliphatic rings. The van der Waals surface area contributed by atoms with Crippen molar-refractivity contribution >= 4 is 17.4 Å². The van der Waals surface area contributed by atoms with E-state index in [1.165, 1.54) is 12.1 Å². The van der Waals surface area contributed by atoms with Crippen LogP contribution in [-0.4, -0.2) is 23.3 Å². The minimum Gasteiger partial charge on any atom is -0.462 e. The average molecular weight is 452 g/mol. The van der Waals surface area contributed by atoms with E-state index in [-0.39, 0.29) is 41.4 Å². The summed E-state index contributed by atoms with van der Waals surface area (Å²) in [5, 5.41) is 11.1. The molecule has 1 aliphatic heterocycles. The molecule has 1 unspecified atom stereocenters. The largest absolute Gasteiger partial charge is 0.462 e. The van der Waals surface area contributed by atoms with Crippen LogP contribution in [0.15, 0.2) is 63.6 Å². The molecule has 0 saturated heterocycles. The molecule has 4 rings (SSSR count). The Morgan fingerprint density at radius 1 is 1.27 bits per heavy atom. The van der Waals surface area contributed by atoms with Crippen LogP contribution in [0.2, 0.25) is 0 Å². The van der Waals surface area contributed by atoms with Crippen LogP contribution in [0.5, 0.6) is 0 Å². The number of carbonyl (C=O) groups is 2. The van der Waals surface area contributed by atoms with E-state index in [0.29, 0.717) is 34.8 Å². The Labute approximate surface area is 190 Å². The number of nitrogens with two attached hydrogens (primary N) is 1. The van der Waals surface area contributed by atoms with Crippen molar-refractivity contribution in [3.63, 3.8) is 0 Å². The first-order valence-corrected chi connectivity index (χ1v) is 10.6. The lowest BCUT2D eigenvalue weighted by Crippen LogP contribution is -2.35. The number of nitrogens with zero attached hydrogens (tertiary/aromatic N) is 1. The van der Waals surface area contributed by atoms with Crippen molar-refractivity contribution in [1.82, 2.24) is 0 Å². The number of esters is 1. The Morgan fingerprint density at radius 3 is 2.73 bits per heavy atom. The van der Waals surface area contributed by atoms with Crippen molar-refractivity contribution < 1.29 is 28.4 Å². The van der Waals surface area contributed by atoms with Gasteiger partial charge in [-0.1, -0.05) is 26.0 Å². The molecule has 9 heteroatoms. The van der Waals surface area contributed by atoms with Gasteiger partial charge in [0.25, 0.3) is 5.69 Å². The van der Waals surface area contributed by atoms with Gasteiger partial charge in [0.1, 0.15) is 22.9 Å². The van der Waals surface area contributed by atoms with E-state index in [0.717, 1.165) is 0 Å². The molecule has 2 heterocycles. The van der Waals surface area contributed by atoms with Crippen molar-refractivity contribution in [3.8, 4) is 11.3 Å². The Hall–Kier alpha value is -3.88. The van der Waals surface area contributed by atoms with Gasteiger partial charge in [-0.25, -0.2) is 4.79 Å². The van der Waals surface area contributed by atoms with Crippen LogP contribution in [0, 0.1) is 15.5 Å². The second-order valence-electron chi connectivity index (χ2n) is 8.82. The Kier molecular flexibility index (Phi) is 5.57. The highest BCUT2D eigenvalue weighted by Crippen LogP contribution is 2.49. The van der Waals surface area contributed by atoms with Gasteiger partial charge in [0.05, 0.1) is 17.4 Å². The number of Topliss-reactive ketones (excluding diaryl/α,β-unsaturated/α-hetero) is 1. The molecule has 1 aromatic carbocycles. The lowest BCUT2D eigenvalue weighted by molar-refractivity contribution is -0.384. The Bertz CT molecular complexity index is 1220. The summed E-state index contributed by atoms with van der Waals surface area (Å²) in [4.78, 5) is 36.6. The summed E-state index contributed by atoms with van der Waals surface area (Å²) in [7, 11) is 0. The number of ketones is 1. The van der Waals surface area contributed by atoms with Gasteiger partial charge < -0.3 is 19.6 Å². The number of ether oxygens (including phenoxy) is 2. The summed E-state index contributed by atoms with van der Waals surface area (Å²) in [6.45, 7) is 5.70. The molecule has 1 atom stereocenters. The maximum absolute atomic E-state index is 13.2. The van der Waals surface area contributed by atoms with E-state index >= 15 is 0 Å². The molecule has 0 amide bonds. The van der Waals surface area contributed by atoms with E-state index in [9.17, 15) is 19.7 Å². The Balaban J connectivity index is 1.83. The number of carbonyl (C=O) groups excluding carboxylic acids is 2. The van der Waals surface area contributed by atoms with Crippen LogP contribution in [0.4, 0.5) is 5.69 Å². The summed E-state index contributed by atoms with van der Waals surface area (Å²) >= 11 is 0. The summed E-state index contributed by atoms with van der Waals surface area (Å²) < 4.78 is 17.0. The SMILES string of the molecule is CCOC(=O)C1=C(N)OC2=C(C(=O)CC(C)(C)C2)C1c1ccc(-c2cccc([N+](=O)[O-])c2)o1. The van der Waals surface area contributed by atoms with Gasteiger partial charge in [-0.15, -0.1) is 0 Å². The van der Waals surface area contributed by atoms with Gasteiger partial charge in [0, 0.05) is 36.1 Å². The van der Waals surface area contributed by atoms with Crippen LogP contribution < -0.4 is 5.73 Å². The molecule has 33 heavy (non-hydrogen) atoms. The van der Waals surface area contributed by atoms with Crippen molar-refractivity contribution in [2.45, 2.75) is 39.5 Å². The maximum Gasteiger partial charge on any atom is 0.340 e. The lowest BCUT2D eigenvalue weighted by atomic mass is 9.71. The third-order valence-electron chi connectivity index (χ3n) is 5.70. The molecule has 2 N–H and O–H groups in total. The normalized spacial score (nSPS) is 19.7. The van der Waals surface area contributed by atoms with Crippen LogP contribution in [0.3, 0.4) is 0 Å². The Morgan fingerprint density at radius 2 is 2.03 bits per heavy atom. The molecule has 2 aromatic rings. The number of non-ortho nitro benzene ring substituents is 1. The van der Waals surface area contributed by atoms with Crippen molar-refractivity contribution in [2.75, 3.05) is 6.61 Å². The highest BCUT2D eigenvalue weighted by atomic mass is 16.6. The standard InChI is InChI=1S/C24H24N2O7/c1-4-31-23(28)21-20(19-15(27)11-24(2,3)12-18(19)33-22(21)25)17-9-8-16(32-17)13-6-5-7-14(10-13)26(29)30/h5-10,20H,4,11-12,25H2,1-3H3. The molecule has 0 bridgehead atoms. The van der Waals surface area contributed by atoms with Crippen molar-refractivity contribution in [3.05, 3.63) is 75.1 Å². The highest BCUT2D eigenvalue weighted by molar-refractivity contribution is 6.03. The first-order chi connectivity index (χ1) is 15.6. The zero-order chi connectivity index (χ0) is 23.9. The first-order valence-electron chi connectivity index (χ1n) is 10.6. The zero-order valence-corrected chi connectivity index (χ0v) is 18.5. The van der Waals surface area contributed by atoms with Gasteiger partial charge in [-0.05, 0) is 24.5 Å². The van der Waals surface area contributed by atoms with E-state index in [1.807, 2.05) is 13.8 Å².